The number of thiophene rings is 1. The first-order valence-corrected chi connectivity index (χ1v) is 7.62. The maximum atomic E-state index is 11.9. The lowest BCUT2D eigenvalue weighted by Crippen LogP contribution is -2.26. The van der Waals surface area contributed by atoms with E-state index in [0.717, 1.165) is 4.68 Å². The SMILES string of the molecule is CN(Cc1nc2ccsc2c(=O)[nH]1)c1cnn(C)c(=O)c1Cl. The molecule has 0 aromatic carbocycles. The molecule has 0 aliphatic heterocycles. The molecular formula is C13H12ClN5O2S. The fourth-order valence-corrected chi connectivity index (χ4v) is 3.12. The van der Waals surface area contributed by atoms with Crippen molar-refractivity contribution < 1.29 is 0 Å². The Balaban J connectivity index is 1.96. The maximum absolute atomic E-state index is 11.9. The molecule has 0 saturated carbocycles. The Kier molecular flexibility index (Phi) is 3.71. The Bertz CT molecular complexity index is 961. The van der Waals surface area contributed by atoms with Crippen LogP contribution in [0, 0.1) is 0 Å². The number of anilines is 1. The molecule has 3 rings (SSSR count). The van der Waals surface area contributed by atoms with Gasteiger partial charge in [-0.15, -0.1) is 11.3 Å². The number of nitrogens with zero attached hydrogens (tertiary/aromatic N) is 4. The van der Waals surface area contributed by atoms with Crippen molar-refractivity contribution >= 4 is 38.8 Å². The summed E-state index contributed by atoms with van der Waals surface area (Å²) < 4.78 is 1.76. The van der Waals surface area contributed by atoms with Crippen LogP contribution in [0.5, 0.6) is 0 Å². The summed E-state index contributed by atoms with van der Waals surface area (Å²) in [5, 5.41) is 5.85. The van der Waals surface area contributed by atoms with E-state index in [1.807, 2.05) is 5.38 Å². The summed E-state index contributed by atoms with van der Waals surface area (Å²) in [5.41, 5.74) is 0.598. The number of halogens is 1. The van der Waals surface area contributed by atoms with E-state index >= 15 is 0 Å². The lowest BCUT2D eigenvalue weighted by molar-refractivity contribution is 0.702. The summed E-state index contributed by atoms with van der Waals surface area (Å²) in [7, 11) is 3.28. The van der Waals surface area contributed by atoms with E-state index in [1.54, 1.807) is 18.0 Å². The van der Waals surface area contributed by atoms with E-state index in [9.17, 15) is 9.59 Å². The van der Waals surface area contributed by atoms with E-state index in [0.29, 0.717) is 28.3 Å². The van der Waals surface area contributed by atoms with Gasteiger partial charge in [-0.25, -0.2) is 9.67 Å². The zero-order chi connectivity index (χ0) is 15.9. The average molecular weight is 338 g/mol. The van der Waals surface area contributed by atoms with Crippen LogP contribution in [-0.2, 0) is 13.6 Å². The molecule has 3 heterocycles. The second kappa shape index (κ2) is 5.54. The van der Waals surface area contributed by atoms with Crippen molar-refractivity contribution in [1.29, 1.82) is 0 Å². The molecule has 0 aliphatic rings. The van der Waals surface area contributed by atoms with Crippen LogP contribution >= 0.6 is 22.9 Å². The van der Waals surface area contributed by atoms with Gasteiger partial charge < -0.3 is 9.88 Å². The first-order valence-electron chi connectivity index (χ1n) is 6.36. The second-order valence-electron chi connectivity index (χ2n) is 4.78. The number of hydrogen-bond donors (Lipinski definition) is 1. The highest BCUT2D eigenvalue weighted by Crippen LogP contribution is 2.21. The van der Waals surface area contributed by atoms with Crippen LogP contribution < -0.4 is 16.0 Å². The van der Waals surface area contributed by atoms with Crippen LogP contribution in [0.15, 0.2) is 27.2 Å². The lowest BCUT2D eigenvalue weighted by Gasteiger charge is -2.19. The molecule has 0 amide bonds. The third-order valence-corrected chi connectivity index (χ3v) is 4.48. The van der Waals surface area contributed by atoms with Crippen LogP contribution in [-0.4, -0.2) is 26.8 Å². The Labute approximate surface area is 133 Å². The lowest BCUT2D eigenvalue weighted by atomic mass is 10.4. The summed E-state index contributed by atoms with van der Waals surface area (Å²) >= 11 is 7.41. The minimum Gasteiger partial charge on any atom is -0.364 e. The van der Waals surface area contributed by atoms with E-state index in [1.165, 1.54) is 24.6 Å². The predicted molar refractivity (Wildman–Crippen MR) is 86.8 cm³/mol. The third-order valence-electron chi connectivity index (χ3n) is 3.22. The second-order valence-corrected chi connectivity index (χ2v) is 6.07. The van der Waals surface area contributed by atoms with Gasteiger partial charge in [-0.1, -0.05) is 11.6 Å². The molecule has 0 aliphatic carbocycles. The zero-order valence-corrected chi connectivity index (χ0v) is 13.4. The number of aryl methyl sites for hydroxylation is 1. The normalized spacial score (nSPS) is 11.0. The van der Waals surface area contributed by atoms with E-state index in [2.05, 4.69) is 15.1 Å². The Morgan fingerprint density at radius 3 is 3.00 bits per heavy atom. The summed E-state index contributed by atoms with van der Waals surface area (Å²) in [5.74, 6) is 0.496. The van der Waals surface area contributed by atoms with Crippen LogP contribution in [0.25, 0.3) is 10.2 Å². The summed E-state index contributed by atoms with van der Waals surface area (Å²) in [6.45, 7) is 0.301. The molecule has 3 aromatic heterocycles. The minimum absolute atomic E-state index is 0.0824. The average Bonchev–Trinajstić information content (AvgIpc) is 2.93. The van der Waals surface area contributed by atoms with E-state index < -0.39 is 0 Å². The van der Waals surface area contributed by atoms with Crippen molar-refractivity contribution in [3.63, 3.8) is 0 Å². The maximum Gasteiger partial charge on any atom is 0.287 e. The third kappa shape index (κ3) is 2.51. The number of hydrogen-bond acceptors (Lipinski definition) is 6. The molecule has 114 valence electrons. The number of fused-ring (bicyclic) bond motifs is 1. The highest BCUT2D eigenvalue weighted by atomic mass is 35.5. The van der Waals surface area contributed by atoms with Crippen molar-refractivity contribution in [2.75, 3.05) is 11.9 Å². The van der Waals surface area contributed by atoms with E-state index in [-0.39, 0.29) is 16.1 Å². The van der Waals surface area contributed by atoms with Gasteiger partial charge in [0.25, 0.3) is 11.1 Å². The van der Waals surface area contributed by atoms with Crippen molar-refractivity contribution in [1.82, 2.24) is 19.7 Å². The monoisotopic (exact) mass is 337 g/mol. The van der Waals surface area contributed by atoms with Gasteiger partial charge >= 0.3 is 0 Å². The summed E-state index contributed by atoms with van der Waals surface area (Å²) in [4.78, 5) is 32.6. The van der Waals surface area contributed by atoms with E-state index in [4.69, 9.17) is 11.6 Å². The smallest absolute Gasteiger partial charge is 0.287 e. The van der Waals surface area contributed by atoms with Crippen molar-refractivity contribution in [3.8, 4) is 0 Å². The molecule has 0 bridgehead atoms. The van der Waals surface area contributed by atoms with Gasteiger partial charge in [0, 0.05) is 14.1 Å². The molecule has 22 heavy (non-hydrogen) atoms. The number of nitrogens with one attached hydrogen (secondary N) is 1. The van der Waals surface area contributed by atoms with Crippen molar-refractivity contribution in [2.45, 2.75) is 6.54 Å². The van der Waals surface area contributed by atoms with Crippen LogP contribution in [0.1, 0.15) is 5.82 Å². The number of rotatable bonds is 3. The van der Waals surface area contributed by atoms with Gasteiger partial charge in [0.15, 0.2) is 0 Å². The minimum atomic E-state index is -0.374. The van der Waals surface area contributed by atoms with Crippen LogP contribution in [0.2, 0.25) is 5.02 Å². The summed E-state index contributed by atoms with van der Waals surface area (Å²) in [6.07, 6.45) is 1.50. The molecular weight excluding hydrogens is 326 g/mol. The number of aromatic amines is 1. The van der Waals surface area contributed by atoms with Crippen LogP contribution in [0.3, 0.4) is 0 Å². The molecule has 0 radical (unpaired) electrons. The van der Waals surface area contributed by atoms with Crippen molar-refractivity contribution in [3.05, 3.63) is 49.2 Å². The Hall–Kier alpha value is -2.19. The topological polar surface area (TPSA) is 83.9 Å². The Morgan fingerprint density at radius 1 is 1.45 bits per heavy atom. The first kappa shape index (κ1) is 14.7. The highest BCUT2D eigenvalue weighted by molar-refractivity contribution is 7.17. The number of H-pyrrole nitrogens is 1. The molecule has 7 nitrogen and oxygen atoms in total. The summed E-state index contributed by atoms with van der Waals surface area (Å²) in [6, 6.07) is 1.80. The number of aromatic nitrogens is 4. The molecule has 0 saturated heterocycles. The molecule has 0 unspecified atom stereocenters. The van der Waals surface area contributed by atoms with Gasteiger partial charge in [-0.05, 0) is 11.4 Å². The molecule has 3 aromatic rings. The van der Waals surface area contributed by atoms with Gasteiger partial charge in [0.05, 0.1) is 23.9 Å². The fraction of sp³-hybridized carbons (Fsp3) is 0.231. The van der Waals surface area contributed by atoms with Gasteiger partial charge in [-0.2, -0.15) is 5.10 Å². The van der Waals surface area contributed by atoms with Crippen LogP contribution in [0.4, 0.5) is 5.69 Å². The van der Waals surface area contributed by atoms with Gasteiger partial charge in [-0.3, -0.25) is 9.59 Å². The van der Waals surface area contributed by atoms with Crippen molar-refractivity contribution in [2.24, 2.45) is 7.05 Å². The van der Waals surface area contributed by atoms with Gasteiger partial charge in [0.1, 0.15) is 15.5 Å². The molecule has 0 atom stereocenters. The standard InChI is InChI=1S/C13H12ClN5O2S/c1-18(8-5-15-19(2)13(21)10(8)14)6-9-16-7-3-4-22-11(7)12(20)17-9/h3-5H,6H2,1-2H3,(H,16,17,20). The molecule has 9 heteroatoms. The molecule has 0 fully saturated rings. The quantitative estimate of drug-likeness (QED) is 0.780. The molecule has 0 spiro atoms. The fourth-order valence-electron chi connectivity index (χ4n) is 2.07. The van der Waals surface area contributed by atoms with Gasteiger partial charge in [0.2, 0.25) is 0 Å². The highest BCUT2D eigenvalue weighted by Gasteiger charge is 2.13. The molecule has 1 N–H and O–H groups in total. The predicted octanol–water partition coefficient (Wildman–Crippen LogP) is 1.37. The first-order chi connectivity index (χ1) is 10.5. The Morgan fingerprint density at radius 2 is 2.23 bits per heavy atom. The largest absolute Gasteiger partial charge is 0.364 e. The zero-order valence-electron chi connectivity index (χ0n) is 11.8.